The van der Waals surface area contributed by atoms with Gasteiger partial charge in [0.25, 0.3) is 0 Å². The molecule has 1 N–H and O–H groups in total. The van der Waals surface area contributed by atoms with Crippen molar-refractivity contribution in [1.29, 1.82) is 0 Å². The second-order valence-electron chi connectivity index (χ2n) is 3.78. The number of nitrogens with one attached hydrogen (secondary N) is 1. The lowest BCUT2D eigenvalue weighted by atomic mass is 10.2. The van der Waals surface area contributed by atoms with Crippen LogP contribution in [0.3, 0.4) is 0 Å². The molecule has 1 aliphatic rings. The summed E-state index contributed by atoms with van der Waals surface area (Å²) in [7, 11) is 0. The van der Waals surface area contributed by atoms with Crippen LogP contribution in [0.4, 0.5) is 5.69 Å². The van der Waals surface area contributed by atoms with Crippen LogP contribution in [0.15, 0.2) is 24.3 Å². The predicted octanol–water partition coefficient (Wildman–Crippen LogP) is 2.56. The van der Waals surface area contributed by atoms with E-state index in [0.717, 1.165) is 24.7 Å². The molecule has 0 aliphatic carbocycles. The minimum atomic E-state index is 0. The summed E-state index contributed by atoms with van der Waals surface area (Å²) in [6, 6.07) is 8.63. The second-order valence-corrected chi connectivity index (χ2v) is 4.21. The smallest absolute Gasteiger partial charge is 0.0407 e. The number of rotatable bonds is 1. The van der Waals surface area contributed by atoms with E-state index < -0.39 is 0 Å². The van der Waals surface area contributed by atoms with E-state index in [9.17, 15) is 0 Å². The fourth-order valence-corrected chi connectivity index (χ4v) is 1.94. The van der Waals surface area contributed by atoms with E-state index in [1.807, 2.05) is 12.1 Å². The monoisotopic (exact) mass is 246 g/mol. The van der Waals surface area contributed by atoms with Gasteiger partial charge in [0, 0.05) is 36.4 Å². The molecule has 84 valence electrons. The first-order valence-electron chi connectivity index (χ1n) is 4.99. The van der Waals surface area contributed by atoms with Gasteiger partial charge in [0.2, 0.25) is 0 Å². The molecule has 0 amide bonds. The van der Waals surface area contributed by atoms with Crippen molar-refractivity contribution in [1.82, 2.24) is 5.32 Å². The highest BCUT2D eigenvalue weighted by molar-refractivity contribution is 6.30. The standard InChI is InChI=1S/C11H15ClN2.ClH/c1-9-8-14(7-6-13-9)11-4-2-10(12)3-5-11;/h2-5,9,13H,6-8H2,1H3;1H/t9-;/m0./s1. The summed E-state index contributed by atoms with van der Waals surface area (Å²) in [4.78, 5) is 2.39. The largest absolute Gasteiger partial charge is 0.369 e. The molecule has 0 radical (unpaired) electrons. The van der Waals surface area contributed by atoms with Gasteiger partial charge >= 0.3 is 0 Å². The fraction of sp³-hybridized carbons (Fsp3) is 0.455. The van der Waals surface area contributed by atoms with Crippen molar-refractivity contribution in [3.8, 4) is 0 Å². The molecule has 1 atom stereocenters. The summed E-state index contributed by atoms with van der Waals surface area (Å²) >= 11 is 5.85. The highest BCUT2D eigenvalue weighted by Gasteiger charge is 2.15. The SMILES string of the molecule is C[C@H]1CN(c2ccc(Cl)cc2)CCN1.Cl. The zero-order valence-electron chi connectivity index (χ0n) is 8.74. The average Bonchev–Trinajstić information content (AvgIpc) is 2.19. The summed E-state index contributed by atoms with van der Waals surface area (Å²) in [6.45, 7) is 5.42. The third-order valence-corrected chi connectivity index (χ3v) is 2.81. The summed E-state index contributed by atoms with van der Waals surface area (Å²) in [5.41, 5.74) is 1.27. The van der Waals surface area contributed by atoms with Gasteiger partial charge in [-0.15, -0.1) is 12.4 Å². The molecule has 0 saturated carbocycles. The molecule has 0 unspecified atom stereocenters. The van der Waals surface area contributed by atoms with E-state index in [-0.39, 0.29) is 12.4 Å². The van der Waals surface area contributed by atoms with Crippen molar-refractivity contribution >= 4 is 29.7 Å². The van der Waals surface area contributed by atoms with E-state index in [1.165, 1.54) is 5.69 Å². The van der Waals surface area contributed by atoms with Crippen LogP contribution in [0.25, 0.3) is 0 Å². The molecule has 0 bridgehead atoms. The maximum absolute atomic E-state index is 5.85. The average molecular weight is 247 g/mol. The Balaban J connectivity index is 0.00000112. The van der Waals surface area contributed by atoms with Crippen molar-refractivity contribution < 1.29 is 0 Å². The van der Waals surface area contributed by atoms with Gasteiger partial charge in [-0.3, -0.25) is 0 Å². The summed E-state index contributed by atoms with van der Waals surface area (Å²) < 4.78 is 0. The Morgan fingerprint density at radius 2 is 2.00 bits per heavy atom. The lowest BCUT2D eigenvalue weighted by molar-refractivity contribution is 0.485. The van der Waals surface area contributed by atoms with Crippen molar-refractivity contribution in [2.75, 3.05) is 24.5 Å². The first-order valence-corrected chi connectivity index (χ1v) is 5.37. The Morgan fingerprint density at radius 3 is 2.60 bits per heavy atom. The van der Waals surface area contributed by atoms with Crippen LogP contribution in [0.5, 0.6) is 0 Å². The Kier molecular flexibility index (Phi) is 4.71. The van der Waals surface area contributed by atoms with Crippen LogP contribution in [0.2, 0.25) is 5.02 Å². The van der Waals surface area contributed by atoms with Crippen molar-refractivity contribution in [3.05, 3.63) is 29.3 Å². The Hall–Kier alpha value is -0.440. The van der Waals surface area contributed by atoms with E-state index in [0.29, 0.717) is 6.04 Å². The van der Waals surface area contributed by atoms with Crippen LogP contribution in [0.1, 0.15) is 6.92 Å². The van der Waals surface area contributed by atoms with Crippen LogP contribution in [-0.4, -0.2) is 25.7 Å². The zero-order chi connectivity index (χ0) is 9.97. The number of anilines is 1. The number of nitrogens with zero attached hydrogens (tertiary/aromatic N) is 1. The Bertz CT molecular complexity index is 300. The number of piperazine rings is 1. The van der Waals surface area contributed by atoms with Gasteiger partial charge in [0.05, 0.1) is 0 Å². The molecule has 1 saturated heterocycles. The van der Waals surface area contributed by atoms with Gasteiger partial charge in [-0.1, -0.05) is 11.6 Å². The summed E-state index contributed by atoms with van der Waals surface area (Å²) in [5, 5.41) is 4.23. The first kappa shape index (κ1) is 12.6. The van der Waals surface area contributed by atoms with Gasteiger partial charge in [0.1, 0.15) is 0 Å². The van der Waals surface area contributed by atoms with Crippen molar-refractivity contribution in [2.24, 2.45) is 0 Å². The molecule has 4 heteroatoms. The van der Waals surface area contributed by atoms with Gasteiger partial charge in [-0.05, 0) is 31.2 Å². The van der Waals surface area contributed by atoms with E-state index in [4.69, 9.17) is 11.6 Å². The molecule has 0 aromatic heterocycles. The van der Waals surface area contributed by atoms with Crippen molar-refractivity contribution in [2.45, 2.75) is 13.0 Å². The molecular formula is C11H16Cl2N2. The fourth-order valence-electron chi connectivity index (χ4n) is 1.82. The molecule has 1 heterocycles. The Morgan fingerprint density at radius 1 is 1.33 bits per heavy atom. The van der Waals surface area contributed by atoms with Crippen LogP contribution in [0, 0.1) is 0 Å². The third kappa shape index (κ3) is 3.26. The Labute approximate surface area is 102 Å². The lowest BCUT2D eigenvalue weighted by Gasteiger charge is -2.33. The van der Waals surface area contributed by atoms with Gasteiger partial charge < -0.3 is 10.2 Å². The summed E-state index contributed by atoms with van der Waals surface area (Å²) in [6.07, 6.45) is 0. The molecule has 1 aromatic rings. The highest BCUT2D eigenvalue weighted by atomic mass is 35.5. The number of benzene rings is 1. The van der Waals surface area contributed by atoms with Gasteiger partial charge in [-0.25, -0.2) is 0 Å². The van der Waals surface area contributed by atoms with Gasteiger partial charge in [0.15, 0.2) is 0 Å². The quantitative estimate of drug-likeness (QED) is 0.820. The second kappa shape index (κ2) is 5.59. The van der Waals surface area contributed by atoms with Crippen LogP contribution >= 0.6 is 24.0 Å². The normalized spacial score (nSPS) is 20.9. The number of hydrogen-bond acceptors (Lipinski definition) is 2. The molecule has 2 nitrogen and oxygen atoms in total. The van der Waals surface area contributed by atoms with Crippen molar-refractivity contribution in [3.63, 3.8) is 0 Å². The van der Waals surface area contributed by atoms with E-state index >= 15 is 0 Å². The maximum atomic E-state index is 5.85. The lowest BCUT2D eigenvalue weighted by Crippen LogP contribution is -2.49. The topological polar surface area (TPSA) is 15.3 Å². The van der Waals surface area contributed by atoms with E-state index in [1.54, 1.807) is 0 Å². The molecular weight excluding hydrogens is 231 g/mol. The van der Waals surface area contributed by atoms with Gasteiger partial charge in [-0.2, -0.15) is 0 Å². The minimum Gasteiger partial charge on any atom is -0.369 e. The molecule has 15 heavy (non-hydrogen) atoms. The molecule has 0 spiro atoms. The number of hydrogen-bond donors (Lipinski definition) is 1. The van der Waals surface area contributed by atoms with E-state index in [2.05, 4.69) is 29.3 Å². The first-order chi connectivity index (χ1) is 6.75. The molecule has 1 fully saturated rings. The van der Waals surface area contributed by atoms with Crippen LogP contribution < -0.4 is 10.2 Å². The molecule has 1 aromatic carbocycles. The molecule has 2 rings (SSSR count). The number of halogens is 2. The summed E-state index contributed by atoms with van der Waals surface area (Å²) in [5.74, 6) is 0. The third-order valence-electron chi connectivity index (χ3n) is 2.56. The zero-order valence-corrected chi connectivity index (χ0v) is 10.3. The predicted molar refractivity (Wildman–Crippen MR) is 68.4 cm³/mol. The minimum absolute atomic E-state index is 0. The maximum Gasteiger partial charge on any atom is 0.0407 e. The van der Waals surface area contributed by atoms with Crippen LogP contribution in [-0.2, 0) is 0 Å². The molecule has 1 aliphatic heterocycles. The highest BCUT2D eigenvalue weighted by Crippen LogP contribution is 2.18.